The van der Waals surface area contributed by atoms with Crippen molar-refractivity contribution in [3.63, 3.8) is 0 Å². The summed E-state index contributed by atoms with van der Waals surface area (Å²) in [6.07, 6.45) is 3.02. The van der Waals surface area contributed by atoms with Crippen molar-refractivity contribution in [3.05, 3.63) is 74.9 Å². The lowest BCUT2D eigenvalue weighted by atomic mass is 9.96. The summed E-state index contributed by atoms with van der Waals surface area (Å²) in [6, 6.07) is 17.0. The number of nitrogens with zero attached hydrogens (tertiary/aromatic N) is 1. The number of benzene rings is 2. The molecule has 0 bridgehead atoms. The van der Waals surface area contributed by atoms with Crippen LogP contribution in [0.4, 0.5) is 0 Å². The van der Waals surface area contributed by atoms with Crippen molar-refractivity contribution in [3.8, 4) is 0 Å². The first-order valence-electron chi connectivity index (χ1n) is 8.68. The van der Waals surface area contributed by atoms with Gasteiger partial charge in [0, 0.05) is 16.0 Å². The Hall–Kier alpha value is -1.46. The molecule has 132 valence electrons. The zero-order chi connectivity index (χ0) is 18.2. The molecular formula is C22H26INO. The predicted octanol–water partition coefficient (Wildman–Crippen LogP) is 5.63. The first-order valence-corrected chi connectivity index (χ1v) is 9.76. The van der Waals surface area contributed by atoms with E-state index in [1.54, 1.807) is 0 Å². The lowest BCUT2D eigenvalue weighted by Gasteiger charge is -2.13. The highest BCUT2D eigenvalue weighted by molar-refractivity contribution is 14.1. The number of rotatable bonds is 7. The molecule has 2 nitrogen and oxygen atoms in total. The number of halogens is 1. The van der Waals surface area contributed by atoms with Crippen molar-refractivity contribution in [1.29, 1.82) is 0 Å². The van der Waals surface area contributed by atoms with Crippen molar-refractivity contribution in [2.75, 3.05) is 13.2 Å². The summed E-state index contributed by atoms with van der Waals surface area (Å²) in [5, 5.41) is 9.68. The van der Waals surface area contributed by atoms with Crippen LogP contribution in [0.3, 0.4) is 0 Å². The Morgan fingerprint density at radius 2 is 1.76 bits per heavy atom. The summed E-state index contributed by atoms with van der Waals surface area (Å²) in [6.45, 7) is 6.99. The summed E-state index contributed by atoms with van der Waals surface area (Å²) in [4.78, 5) is 4.68. The normalized spacial score (nSPS) is 13.8. The van der Waals surface area contributed by atoms with Crippen molar-refractivity contribution in [2.45, 2.75) is 33.1 Å². The Balaban J connectivity index is 2.13. The molecule has 0 saturated carbocycles. The van der Waals surface area contributed by atoms with E-state index in [-0.39, 0.29) is 6.61 Å². The van der Waals surface area contributed by atoms with Crippen LogP contribution in [0, 0.1) is 10.5 Å². The molecule has 0 radical (unpaired) electrons. The van der Waals surface area contributed by atoms with E-state index in [1.165, 1.54) is 14.7 Å². The molecule has 1 unspecified atom stereocenters. The molecule has 1 atom stereocenters. The van der Waals surface area contributed by atoms with Crippen LogP contribution < -0.4 is 0 Å². The Morgan fingerprint density at radius 3 is 2.32 bits per heavy atom. The third-order valence-corrected chi connectivity index (χ3v) is 5.12. The molecule has 0 fully saturated rings. The third-order valence-electron chi connectivity index (χ3n) is 4.40. The van der Waals surface area contributed by atoms with Gasteiger partial charge in [-0.3, -0.25) is 4.99 Å². The Bertz CT molecular complexity index is 730. The summed E-state index contributed by atoms with van der Waals surface area (Å²) in [5.74, 6) is 0.381. The van der Waals surface area contributed by atoms with Crippen LogP contribution in [0.1, 0.15) is 42.9 Å². The van der Waals surface area contributed by atoms with Crippen molar-refractivity contribution in [1.82, 2.24) is 0 Å². The Labute approximate surface area is 164 Å². The van der Waals surface area contributed by atoms with Gasteiger partial charge in [0.1, 0.15) is 0 Å². The smallest absolute Gasteiger partial charge is 0.0848 e. The number of hydrogen-bond acceptors (Lipinski definition) is 2. The van der Waals surface area contributed by atoms with Gasteiger partial charge in [0.15, 0.2) is 0 Å². The number of hydrogen-bond donors (Lipinski definition) is 1. The molecule has 0 aliphatic heterocycles. The summed E-state index contributed by atoms with van der Waals surface area (Å²) < 4.78 is 1.24. The average Bonchev–Trinajstić information content (AvgIpc) is 2.63. The standard InChI is InChI=1S/C22H26INO/c1-4-18(20-9-11-21(23)12-10-20)14-24-22(15-25)13-17(3)19-7-5-16(2)6-8-19/h5-13,18,25H,4,14-15H2,1-3H3/b17-13+,24-22+. The van der Waals surface area contributed by atoms with E-state index in [1.807, 2.05) is 6.08 Å². The first-order chi connectivity index (χ1) is 12.0. The Morgan fingerprint density at radius 1 is 1.12 bits per heavy atom. The quantitative estimate of drug-likeness (QED) is 0.433. The fourth-order valence-electron chi connectivity index (χ4n) is 2.72. The van der Waals surface area contributed by atoms with Gasteiger partial charge in [0.25, 0.3) is 0 Å². The van der Waals surface area contributed by atoms with E-state index in [9.17, 15) is 5.11 Å². The molecule has 0 amide bonds. The van der Waals surface area contributed by atoms with Crippen LogP contribution in [0.25, 0.3) is 5.57 Å². The molecule has 25 heavy (non-hydrogen) atoms. The van der Waals surface area contributed by atoms with E-state index in [2.05, 4.69) is 96.9 Å². The predicted molar refractivity (Wildman–Crippen MR) is 116 cm³/mol. The van der Waals surface area contributed by atoms with Crippen molar-refractivity contribution < 1.29 is 5.11 Å². The molecule has 0 spiro atoms. The van der Waals surface area contributed by atoms with Gasteiger partial charge in [0.05, 0.1) is 12.3 Å². The monoisotopic (exact) mass is 447 g/mol. The van der Waals surface area contributed by atoms with Gasteiger partial charge < -0.3 is 5.11 Å². The van der Waals surface area contributed by atoms with E-state index >= 15 is 0 Å². The highest BCUT2D eigenvalue weighted by atomic mass is 127. The maximum absolute atomic E-state index is 9.68. The molecule has 2 aromatic rings. The van der Waals surface area contributed by atoms with Gasteiger partial charge in [-0.1, -0.05) is 48.9 Å². The number of aryl methyl sites for hydroxylation is 1. The lowest BCUT2D eigenvalue weighted by molar-refractivity contribution is 0.357. The van der Waals surface area contributed by atoms with Crippen LogP contribution in [0.5, 0.6) is 0 Å². The largest absolute Gasteiger partial charge is 0.390 e. The molecular weight excluding hydrogens is 421 g/mol. The number of aliphatic hydroxyl groups is 1. The van der Waals surface area contributed by atoms with Gasteiger partial charge in [-0.2, -0.15) is 0 Å². The van der Waals surface area contributed by atoms with Crippen molar-refractivity contribution in [2.24, 2.45) is 4.99 Å². The van der Waals surface area contributed by atoms with Crippen LogP contribution in [0.2, 0.25) is 0 Å². The molecule has 0 aliphatic carbocycles. The van der Waals surface area contributed by atoms with Crippen molar-refractivity contribution >= 4 is 33.9 Å². The van der Waals surface area contributed by atoms with E-state index in [4.69, 9.17) is 0 Å². The average molecular weight is 447 g/mol. The second kappa shape index (κ2) is 9.88. The summed E-state index contributed by atoms with van der Waals surface area (Å²) in [5.41, 5.74) is 5.58. The van der Waals surface area contributed by atoms with Gasteiger partial charge >= 0.3 is 0 Å². The molecule has 2 rings (SSSR count). The van der Waals surface area contributed by atoms with Gasteiger partial charge in [-0.15, -0.1) is 0 Å². The maximum atomic E-state index is 9.68. The molecule has 0 saturated heterocycles. The van der Waals surface area contributed by atoms with Crippen LogP contribution in [-0.2, 0) is 0 Å². The second-order valence-electron chi connectivity index (χ2n) is 6.34. The first kappa shape index (κ1) is 19.9. The third kappa shape index (κ3) is 6.08. The van der Waals surface area contributed by atoms with E-state index < -0.39 is 0 Å². The maximum Gasteiger partial charge on any atom is 0.0848 e. The summed E-state index contributed by atoms with van der Waals surface area (Å²) in [7, 11) is 0. The van der Waals surface area contributed by atoms with E-state index in [0.717, 1.165) is 23.3 Å². The molecule has 0 aliphatic rings. The second-order valence-corrected chi connectivity index (χ2v) is 7.59. The number of allylic oxidation sites excluding steroid dienone is 1. The molecule has 2 aromatic carbocycles. The highest BCUT2D eigenvalue weighted by Gasteiger charge is 2.09. The zero-order valence-corrected chi connectivity index (χ0v) is 17.3. The van der Waals surface area contributed by atoms with Gasteiger partial charge in [-0.05, 0) is 77.8 Å². The van der Waals surface area contributed by atoms with Crippen LogP contribution >= 0.6 is 22.6 Å². The molecule has 1 N–H and O–H groups in total. The lowest BCUT2D eigenvalue weighted by Crippen LogP contribution is -2.07. The SMILES string of the molecule is CCC(C/N=C(\C=C(/C)c1ccc(C)cc1)CO)c1ccc(I)cc1. The number of aliphatic imine (C=N–C) groups is 1. The minimum absolute atomic E-state index is 0.0354. The van der Waals surface area contributed by atoms with Gasteiger partial charge in [-0.25, -0.2) is 0 Å². The van der Waals surface area contributed by atoms with Crippen LogP contribution in [-0.4, -0.2) is 24.0 Å². The van der Waals surface area contributed by atoms with Gasteiger partial charge in [0.2, 0.25) is 0 Å². The minimum atomic E-state index is -0.0354. The fraction of sp³-hybridized carbons (Fsp3) is 0.318. The summed E-state index contributed by atoms with van der Waals surface area (Å²) >= 11 is 2.32. The van der Waals surface area contributed by atoms with E-state index in [0.29, 0.717) is 12.5 Å². The molecule has 0 aromatic heterocycles. The molecule has 3 heteroatoms. The fourth-order valence-corrected chi connectivity index (χ4v) is 3.08. The topological polar surface area (TPSA) is 32.6 Å². The van der Waals surface area contributed by atoms with Crippen LogP contribution in [0.15, 0.2) is 59.6 Å². The minimum Gasteiger partial charge on any atom is -0.390 e. The Kier molecular flexibility index (Phi) is 7.85. The number of aliphatic hydroxyl groups excluding tert-OH is 1. The zero-order valence-electron chi connectivity index (χ0n) is 15.2. The highest BCUT2D eigenvalue weighted by Crippen LogP contribution is 2.21. The molecule has 0 heterocycles.